The maximum absolute atomic E-state index is 12.9. The highest BCUT2D eigenvalue weighted by Gasteiger charge is 2.32. The van der Waals surface area contributed by atoms with E-state index in [1.54, 1.807) is 0 Å². The SMILES string of the molecule is CCc1ccc([N+](=O)[O-])cc1S(=O)(=O)N1CCC(C(C)N)CC1.Cl. The molecule has 1 aromatic carbocycles. The maximum atomic E-state index is 12.9. The number of rotatable bonds is 5. The molecular weight excluding hydrogens is 354 g/mol. The lowest BCUT2D eigenvalue weighted by molar-refractivity contribution is -0.385. The Bertz CT molecular complexity index is 686. The molecular formula is C15H24ClN3O4S. The molecule has 1 unspecified atom stereocenters. The molecule has 24 heavy (non-hydrogen) atoms. The van der Waals surface area contributed by atoms with E-state index in [0.29, 0.717) is 43.8 Å². The second kappa shape index (κ2) is 8.24. The Kier molecular flexibility index (Phi) is 7.15. The number of aryl methyl sites for hydroxylation is 1. The summed E-state index contributed by atoms with van der Waals surface area (Å²) in [5.74, 6) is 0.317. The van der Waals surface area contributed by atoms with E-state index < -0.39 is 14.9 Å². The van der Waals surface area contributed by atoms with Gasteiger partial charge in [-0.3, -0.25) is 10.1 Å². The minimum Gasteiger partial charge on any atom is -0.328 e. The zero-order chi connectivity index (χ0) is 17.2. The lowest BCUT2D eigenvalue weighted by atomic mass is 9.92. The Balaban J connectivity index is 0.00000288. The third kappa shape index (κ3) is 4.24. The van der Waals surface area contributed by atoms with Crippen LogP contribution in [0.3, 0.4) is 0 Å². The zero-order valence-corrected chi connectivity index (χ0v) is 15.5. The summed E-state index contributed by atoms with van der Waals surface area (Å²) < 4.78 is 27.2. The minimum absolute atomic E-state index is 0. The highest BCUT2D eigenvalue weighted by molar-refractivity contribution is 7.89. The summed E-state index contributed by atoms with van der Waals surface area (Å²) in [6.45, 7) is 4.58. The second-order valence-electron chi connectivity index (χ2n) is 6.00. The first-order valence-corrected chi connectivity index (χ1v) is 9.24. The fourth-order valence-electron chi connectivity index (χ4n) is 2.97. The molecule has 9 heteroatoms. The molecule has 0 aliphatic carbocycles. The van der Waals surface area contributed by atoms with Crippen LogP contribution in [0.1, 0.15) is 32.3 Å². The van der Waals surface area contributed by atoms with E-state index in [1.807, 2.05) is 13.8 Å². The van der Waals surface area contributed by atoms with Crippen molar-refractivity contribution in [2.24, 2.45) is 11.7 Å². The smallest absolute Gasteiger partial charge is 0.270 e. The quantitative estimate of drug-likeness (QED) is 0.626. The topological polar surface area (TPSA) is 107 Å². The molecule has 0 radical (unpaired) electrons. The van der Waals surface area contributed by atoms with Gasteiger partial charge in [-0.25, -0.2) is 8.42 Å². The van der Waals surface area contributed by atoms with Gasteiger partial charge in [0.2, 0.25) is 10.0 Å². The van der Waals surface area contributed by atoms with Gasteiger partial charge in [-0.2, -0.15) is 4.31 Å². The van der Waals surface area contributed by atoms with Crippen molar-refractivity contribution in [3.05, 3.63) is 33.9 Å². The standard InChI is InChI=1S/C15H23N3O4S.ClH/c1-3-12-4-5-14(18(19)20)10-15(12)23(21,22)17-8-6-13(7-9-17)11(2)16;/h4-5,10-11,13H,3,6-9,16H2,1-2H3;1H. The predicted octanol–water partition coefficient (Wildman–Crippen LogP) is 2.33. The van der Waals surface area contributed by atoms with E-state index in [4.69, 9.17) is 5.73 Å². The third-order valence-electron chi connectivity index (χ3n) is 4.50. The van der Waals surface area contributed by atoms with Gasteiger partial charge in [-0.15, -0.1) is 12.4 Å². The number of piperidine rings is 1. The summed E-state index contributed by atoms with van der Waals surface area (Å²) in [5.41, 5.74) is 6.29. The number of benzene rings is 1. The Morgan fingerprint density at radius 1 is 1.38 bits per heavy atom. The van der Waals surface area contributed by atoms with Crippen molar-refractivity contribution in [1.29, 1.82) is 0 Å². The number of nitrogens with two attached hydrogens (primary N) is 1. The van der Waals surface area contributed by atoms with Gasteiger partial charge in [-0.05, 0) is 37.7 Å². The number of hydrogen-bond donors (Lipinski definition) is 1. The van der Waals surface area contributed by atoms with Crippen molar-refractivity contribution in [3.8, 4) is 0 Å². The number of halogens is 1. The molecule has 0 bridgehead atoms. The first-order valence-electron chi connectivity index (χ1n) is 7.80. The summed E-state index contributed by atoms with van der Waals surface area (Å²) in [7, 11) is -3.72. The van der Waals surface area contributed by atoms with Crippen LogP contribution in [-0.4, -0.2) is 36.8 Å². The molecule has 0 aromatic heterocycles. The molecule has 7 nitrogen and oxygen atoms in total. The van der Waals surface area contributed by atoms with E-state index >= 15 is 0 Å². The van der Waals surface area contributed by atoms with E-state index in [-0.39, 0.29) is 29.0 Å². The van der Waals surface area contributed by atoms with Crippen LogP contribution in [0.2, 0.25) is 0 Å². The van der Waals surface area contributed by atoms with Crippen LogP contribution in [0, 0.1) is 16.0 Å². The lowest BCUT2D eigenvalue weighted by Crippen LogP contribution is -2.42. The normalized spacial score (nSPS) is 18.0. The van der Waals surface area contributed by atoms with Gasteiger partial charge < -0.3 is 5.73 Å². The summed E-state index contributed by atoms with van der Waals surface area (Å²) >= 11 is 0. The molecule has 136 valence electrons. The summed E-state index contributed by atoms with van der Waals surface area (Å²) in [4.78, 5) is 10.4. The molecule has 0 spiro atoms. The number of nitrogens with zero attached hydrogens (tertiary/aromatic N) is 2. The summed E-state index contributed by atoms with van der Waals surface area (Å²) in [6.07, 6.45) is 1.93. The summed E-state index contributed by atoms with van der Waals surface area (Å²) in [6, 6.07) is 4.09. The first-order chi connectivity index (χ1) is 10.8. The van der Waals surface area contributed by atoms with E-state index in [1.165, 1.54) is 22.5 Å². The Morgan fingerprint density at radius 3 is 2.42 bits per heavy atom. The molecule has 0 saturated carbocycles. The van der Waals surface area contributed by atoms with Gasteiger partial charge in [0.15, 0.2) is 0 Å². The van der Waals surface area contributed by atoms with Gasteiger partial charge >= 0.3 is 0 Å². The van der Waals surface area contributed by atoms with Crippen LogP contribution >= 0.6 is 12.4 Å². The lowest BCUT2D eigenvalue weighted by Gasteiger charge is -2.33. The molecule has 1 atom stereocenters. The van der Waals surface area contributed by atoms with Gasteiger partial charge in [0.25, 0.3) is 5.69 Å². The number of non-ortho nitro benzene ring substituents is 1. The largest absolute Gasteiger partial charge is 0.328 e. The number of nitro groups is 1. The zero-order valence-electron chi connectivity index (χ0n) is 13.8. The van der Waals surface area contributed by atoms with Gasteiger partial charge in [0.05, 0.1) is 9.82 Å². The van der Waals surface area contributed by atoms with Crippen molar-refractivity contribution < 1.29 is 13.3 Å². The van der Waals surface area contributed by atoms with Crippen LogP contribution in [0.5, 0.6) is 0 Å². The Hall–Kier alpha value is -1.22. The van der Waals surface area contributed by atoms with Crippen LogP contribution in [0.4, 0.5) is 5.69 Å². The molecule has 1 heterocycles. The van der Waals surface area contributed by atoms with E-state index in [0.717, 1.165) is 0 Å². The highest BCUT2D eigenvalue weighted by atomic mass is 35.5. The first kappa shape index (κ1) is 20.8. The predicted molar refractivity (Wildman–Crippen MR) is 94.9 cm³/mol. The number of nitro benzene ring substituents is 1. The third-order valence-corrected chi connectivity index (χ3v) is 6.48. The van der Waals surface area contributed by atoms with Crippen LogP contribution in [0.25, 0.3) is 0 Å². The molecule has 1 aliphatic heterocycles. The monoisotopic (exact) mass is 377 g/mol. The fraction of sp³-hybridized carbons (Fsp3) is 0.600. The average Bonchev–Trinajstić information content (AvgIpc) is 2.54. The maximum Gasteiger partial charge on any atom is 0.270 e. The van der Waals surface area contributed by atoms with Gasteiger partial charge in [0, 0.05) is 31.3 Å². The Labute approximate surface area is 148 Å². The van der Waals surface area contributed by atoms with Gasteiger partial charge in [0.1, 0.15) is 0 Å². The molecule has 1 aliphatic rings. The molecule has 2 rings (SSSR count). The number of sulfonamides is 1. The fourth-order valence-corrected chi connectivity index (χ4v) is 4.75. The molecule has 2 N–H and O–H groups in total. The molecule has 1 fully saturated rings. The Morgan fingerprint density at radius 2 is 1.96 bits per heavy atom. The van der Waals surface area contributed by atoms with Crippen LogP contribution < -0.4 is 5.73 Å². The molecule has 1 saturated heterocycles. The minimum atomic E-state index is -3.72. The van der Waals surface area contributed by atoms with Crippen LogP contribution in [0.15, 0.2) is 23.1 Å². The molecule has 0 amide bonds. The average molecular weight is 378 g/mol. The number of hydrogen-bond acceptors (Lipinski definition) is 5. The van der Waals surface area contributed by atoms with Crippen molar-refractivity contribution in [3.63, 3.8) is 0 Å². The molecule has 1 aromatic rings. The van der Waals surface area contributed by atoms with Crippen molar-refractivity contribution >= 4 is 28.1 Å². The van der Waals surface area contributed by atoms with E-state index in [2.05, 4.69) is 0 Å². The van der Waals surface area contributed by atoms with E-state index in [9.17, 15) is 18.5 Å². The summed E-state index contributed by atoms with van der Waals surface area (Å²) in [5, 5.41) is 11.0. The van der Waals surface area contributed by atoms with Crippen molar-refractivity contribution in [2.45, 2.75) is 44.0 Å². The highest BCUT2D eigenvalue weighted by Crippen LogP contribution is 2.29. The van der Waals surface area contributed by atoms with Crippen molar-refractivity contribution in [2.75, 3.05) is 13.1 Å². The van der Waals surface area contributed by atoms with Crippen molar-refractivity contribution in [1.82, 2.24) is 4.31 Å². The van der Waals surface area contributed by atoms with Gasteiger partial charge in [-0.1, -0.05) is 13.0 Å². The van der Waals surface area contributed by atoms with Crippen LogP contribution in [-0.2, 0) is 16.4 Å². The second-order valence-corrected chi connectivity index (χ2v) is 7.91.